The third kappa shape index (κ3) is 3.64. The highest BCUT2D eigenvalue weighted by molar-refractivity contribution is 5.95. The average molecular weight is 271 g/mol. The van der Waals surface area contributed by atoms with Gasteiger partial charge in [0.15, 0.2) is 5.82 Å². The SMILES string of the molecule is CN(C)C(C)(C)CNC(=O)c1cc(F)cc(N)c1F. The van der Waals surface area contributed by atoms with Crippen molar-refractivity contribution in [2.75, 3.05) is 26.4 Å². The molecule has 0 atom stereocenters. The van der Waals surface area contributed by atoms with Crippen molar-refractivity contribution in [2.45, 2.75) is 19.4 Å². The summed E-state index contributed by atoms with van der Waals surface area (Å²) < 4.78 is 26.8. The summed E-state index contributed by atoms with van der Waals surface area (Å²) in [5.41, 5.74) is 4.23. The van der Waals surface area contributed by atoms with Gasteiger partial charge in [-0.15, -0.1) is 0 Å². The lowest BCUT2D eigenvalue weighted by Gasteiger charge is -2.32. The van der Waals surface area contributed by atoms with Crippen molar-refractivity contribution in [3.8, 4) is 0 Å². The Hall–Kier alpha value is -1.69. The minimum absolute atomic E-state index is 0.300. The normalized spacial score (nSPS) is 11.7. The molecule has 3 N–H and O–H groups in total. The molecule has 19 heavy (non-hydrogen) atoms. The minimum atomic E-state index is -0.901. The fourth-order valence-electron chi connectivity index (χ4n) is 1.33. The number of halogens is 2. The van der Waals surface area contributed by atoms with Crippen LogP contribution < -0.4 is 11.1 Å². The zero-order valence-electron chi connectivity index (χ0n) is 11.6. The van der Waals surface area contributed by atoms with Crippen LogP contribution in [0.5, 0.6) is 0 Å². The van der Waals surface area contributed by atoms with Crippen molar-refractivity contribution in [3.05, 3.63) is 29.3 Å². The number of rotatable bonds is 4. The van der Waals surface area contributed by atoms with Crippen LogP contribution in [-0.4, -0.2) is 37.0 Å². The van der Waals surface area contributed by atoms with Gasteiger partial charge in [0, 0.05) is 12.1 Å². The molecule has 1 amide bonds. The van der Waals surface area contributed by atoms with Crippen molar-refractivity contribution in [1.82, 2.24) is 10.2 Å². The van der Waals surface area contributed by atoms with E-state index in [-0.39, 0.29) is 16.8 Å². The molecule has 0 bridgehead atoms. The maximum absolute atomic E-state index is 13.6. The molecular weight excluding hydrogens is 252 g/mol. The summed E-state index contributed by atoms with van der Waals surface area (Å²) in [6.07, 6.45) is 0. The second-order valence-corrected chi connectivity index (χ2v) is 5.25. The number of nitrogens with one attached hydrogen (secondary N) is 1. The Kier molecular flexibility index (Phi) is 4.47. The molecule has 0 aliphatic carbocycles. The smallest absolute Gasteiger partial charge is 0.254 e. The van der Waals surface area contributed by atoms with E-state index in [2.05, 4.69) is 5.32 Å². The minimum Gasteiger partial charge on any atom is -0.396 e. The summed E-state index contributed by atoms with van der Waals surface area (Å²) in [5, 5.41) is 2.57. The number of anilines is 1. The molecule has 4 nitrogen and oxygen atoms in total. The predicted octanol–water partition coefficient (Wildman–Crippen LogP) is 1.62. The molecule has 0 unspecified atom stereocenters. The molecule has 1 rings (SSSR count). The molecule has 0 heterocycles. The number of hydrogen-bond donors (Lipinski definition) is 2. The van der Waals surface area contributed by atoms with E-state index in [1.165, 1.54) is 0 Å². The third-order valence-corrected chi connectivity index (χ3v) is 3.20. The lowest BCUT2D eigenvalue weighted by atomic mass is 10.0. The Morgan fingerprint density at radius 1 is 1.37 bits per heavy atom. The molecule has 0 radical (unpaired) electrons. The summed E-state index contributed by atoms with van der Waals surface area (Å²) >= 11 is 0. The monoisotopic (exact) mass is 271 g/mol. The van der Waals surface area contributed by atoms with E-state index >= 15 is 0 Å². The number of nitrogens with zero attached hydrogens (tertiary/aromatic N) is 1. The first-order chi connectivity index (χ1) is 8.65. The van der Waals surface area contributed by atoms with Crippen molar-refractivity contribution in [2.24, 2.45) is 0 Å². The van der Waals surface area contributed by atoms with Gasteiger partial charge in [0.1, 0.15) is 5.82 Å². The number of hydrogen-bond acceptors (Lipinski definition) is 3. The van der Waals surface area contributed by atoms with Crippen LogP contribution >= 0.6 is 0 Å². The number of benzene rings is 1. The zero-order chi connectivity index (χ0) is 14.8. The number of nitrogen functional groups attached to an aromatic ring is 1. The van der Waals surface area contributed by atoms with Crippen LogP contribution in [0.25, 0.3) is 0 Å². The number of likely N-dealkylation sites (N-methyl/N-ethyl adjacent to an activating group) is 1. The lowest BCUT2D eigenvalue weighted by molar-refractivity contribution is 0.0915. The number of carbonyl (C=O) groups is 1. The third-order valence-electron chi connectivity index (χ3n) is 3.20. The lowest BCUT2D eigenvalue weighted by Crippen LogP contribution is -2.48. The first kappa shape index (κ1) is 15.4. The molecule has 0 saturated heterocycles. The first-order valence-electron chi connectivity index (χ1n) is 5.85. The van der Waals surface area contributed by atoms with Crippen molar-refractivity contribution < 1.29 is 13.6 Å². The molecular formula is C13H19F2N3O. The standard InChI is InChI=1S/C13H19F2N3O/c1-13(2,18(3)4)7-17-12(19)9-5-8(14)6-10(16)11(9)15/h5-6H,7,16H2,1-4H3,(H,17,19). The van der Waals surface area contributed by atoms with Crippen LogP contribution in [0.1, 0.15) is 24.2 Å². The van der Waals surface area contributed by atoms with Gasteiger partial charge < -0.3 is 16.0 Å². The second-order valence-electron chi connectivity index (χ2n) is 5.25. The Labute approximate surface area is 111 Å². The summed E-state index contributed by atoms with van der Waals surface area (Å²) in [6.45, 7) is 4.14. The Bertz CT molecular complexity index is 487. The molecule has 0 aliphatic heterocycles. The highest BCUT2D eigenvalue weighted by Crippen LogP contribution is 2.17. The highest BCUT2D eigenvalue weighted by atomic mass is 19.1. The Morgan fingerprint density at radius 2 is 1.95 bits per heavy atom. The second kappa shape index (κ2) is 5.52. The van der Waals surface area contributed by atoms with Gasteiger partial charge in [-0.05, 0) is 40.1 Å². The molecule has 106 valence electrons. The molecule has 1 aromatic rings. The van der Waals surface area contributed by atoms with E-state index in [1.807, 2.05) is 32.8 Å². The average Bonchev–Trinajstić information content (AvgIpc) is 2.30. The van der Waals surface area contributed by atoms with E-state index in [9.17, 15) is 13.6 Å². The van der Waals surface area contributed by atoms with E-state index in [1.54, 1.807) is 0 Å². The fraction of sp³-hybridized carbons (Fsp3) is 0.462. The van der Waals surface area contributed by atoms with Gasteiger partial charge in [-0.25, -0.2) is 8.78 Å². The Morgan fingerprint density at radius 3 is 2.47 bits per heavy atom. The van der Waals surface area contributed by atoms with E-state index in [4.69, 9.17) is 5.73 Å². The molecule has 0 fully saturated rings. The topological polar surface area (TPSA) is 58.4 Å². The molecule has 6 heteroatoms. The van der Waals surface area contributed by atoms with Crippen molar-refractivity contribution >= 4 is 11.6 Å². The largest absolute Gasteiger partial charge is 0.396 e. The van der Waals surface area contributed by atoms with Gasteiger partial charge >= 0.3 is 0 Å². The number of carbonyl (C=O) groups excluding carboxylic acids is 1. The van der Waals surface area contributed by atoms with Gasteiger partial charge in [0.2, 0.25) is 0 Å². The summed E-state index contributed by atoms with van der Waals surface area (Å²) in [7, 11) is 3.74. The Balaban J connectivity index is 2.86. The van der Waals surface area contributed by atoms with E-state index in [0.29, 0.717) is 6.54 Å². The van der Waals surface area contributed by atoms with Gasteiger partial charge in [-0.1, -0.05) is 0 Å². The van der Waals surface area contributed by atoms with Gasteiger partial charge in [-0.3, -0.25) is 4.79 Å². The van der Waals surface area contributed by atoms with E-state index in [0.717, 1.165) is 12.1 Å². The van der Waals surface area contributed by atoms with Gasteiger partial charge in [0.25, 0.3) is 5.91 Å². The van der Waals surface area contributed by atoms with Crippen LogP contribution in [0.15, 0.2) is 12.1 Å². The maximum atomic E-state index is 13.6. The summed E-state index contributed by atoms with van der Waals surface area (Å²) in [6, 6.07) is 1.68. The van der Waals surface area contributed by atoms with Crippen LogP contribution in [-0.2, 0) is 0 Å². The highest BCUT2D eigenvalue weighted by Gasteiger charge is 2.23. The fourth-order valence-corrected chi connectivity index (χ4v) is 1.33. The van der Waals surface area contributed by atoms with Crippen LogP contribution in [0, 0.1) is 11.6 Å². The van der Waals surface area contributed by atoms with Gasteiger partial charge in [-0.2, -0.15) is 0 Å². The molecule has 0 aromatic heterocycles. The number of amides is 1. The zero-order valence-corrected chi connectivity index (χ0v) is 11.6. The quantitative estimate of drug-likeness (QED) is 0.818. The van der Waals surface area contributed by atoms with Gasteiger partial charge in [0.05, 0.1) is 11.3 Å². The predicted molar refractivity (Wildman–Crippen MR) is 70.9 cm³/mol. The summed E-state index contributed by atoms with van der Waals surface area (Å²) in [4.78, 5) is 13.8. The van der Waals surface area contributed by atoms with Crippen molar-refractivity contribution in [1.29, 1.82) is 0 Å². The van der Waals surface area contributed by atoms with E-state index < -0.39 is 17.5 Å². The molecule has 0 spiro atoms. The van der Waals surface area contributed by atoms with Crippen LogP contribution in [0.3, 0.4) is 0 Å². The molecule has 0 saturated carbocycles. The maximum Gasteiger partial charge on any atom is 0.254 e. The van der Waals surface area contributed by atoms with Crippen LogP contribution in [0.4, 0.5) is 14.5 Å². The molecule has 0 aliphatic rings. The number of nitrogens with two attached hydrogens (primary N) is 1. The first-order valence-corrected chi connectivity index (χ1v) is 5.85. The summed E-state index contributed by atoms with van der Waals surface area (Å²) in [5.74, 6) is -2.32. The van der Waals surface area contributed by atoms with Crippen LogP contribution in [0.2, 0.25) is 0 Å². The van der Waals surface area contributed by atoms with Crippen molar-refractivity contribution in [3.63, 3.8) is 0 Å². The molecule has 1 aromatic carbocycles.